The Labute approximate surface area is 64.6 Å². The van der Waals surface area contributed by atoms with Crippen molar-refractivity contribution in [1.29, 1.82) is 0 Å². The Kier molecular flexibility index (Phi) is 2.67. The fourth-order valence-electron chi connectivity index (χ4n) is 0.738. The molecule has 0 fully saturated rings. The van der Waals surface area contributed by atoms with Crippen LogP contribution < -0.4 is 0 Å². The second kappa shape index (κ2) is 3.33. The molecular weight excluding hydrogens is 159 g/mol. The van der Waals surface area contributed by atoms with Crippen LogP contribution in [0.2, 0.25) is 0 Å². The van der Waals surface area contributed by atoms with E-state index in [9.17, 15) is 0 Å². The maximum absolute atomic E-state index is 5.56. The minimum absolute atomic E-state index is 0.00154. The third-order valence-corrected chi connectivity index (χ3v) is 1.81. The van der Waals surface area contributed by atoms with Crippen molar-refractivity contribution in [2.24, 2.45) is 0 Å². The van der Waals surface area contributed by atoms with Crippen molar-refractivity contribution in [3.8, 4) is 0 Å². The molecule has 9 heavy (non-hydrogen) atoms. The molecule has 0 aliphatic carbocycles. The van der Waals surface area contributed by atoms with Gasteiger partial charge in [0.05, 0.1) is 6.26 Å². The highest BCUT2D eigenvalue weighted by Crippen LogP contribution is 2.19. The van der Waals surface area contributed by atoms with Gasteiger partial charge in [-0.15, -0.1) is 23.2 Å². The van der Waals surface area contributed by atoms with Crippen molar-refractivity contribution in [1.82, 2.24) is 0 Å². The van der Waals surface area contributed by atoms with E-state index in [4.69, 9.17) is 27.9 Å². The van der Waals surface area contributed by atoms with Crippen LogP contribution >= 0.6 is 23.2 Å². The van der Waals surface area contributed by atoms with Crippen LogP contribution in [0.3, 0.4) is 0 Å². The van der Waals surface area contributed by atoms with Gasteiger partial charge in [0.15, 0.2) is 0 Å². The molecule has 1 atom stereocenters. The van der Waals surface area contributed by atoms with Crippen LogP contribution in [0.5, 0.6) is 0 Å². The predicted octanol–water partition coefficient (Wildman–Crippen LogP) is 2.48. The highest BCUT2D eigenvalue weighted by atomic mass is 35.5. The number of halogens is 2. The molecule has 0 N–H and O–H groups in total. The van der Waals surface area contributed by atoms with Crippen LogP contribution in [0.25, 0.3) is 0 Å². The van der Waals surface area contributed by atoms with Crippen molar-refractivity contribution in [3.63, 3.8) is 0 Å². The average Bonchev–Trinajstić information content (AvgIpc) is 1.90. The number of alkyl halides is 2. The maximum atomic E-state index is 5.56. The Balaban J connectivity index is 2.35. The maximum Gasteiger partial charge on any atom is 0.144 e. The SMILES string of the molecule is ClC(Cl)C1CCC=CO1. The van der Waals surface area contributed by atoms with Gasteiger partial charge in [-0.25, -0.2) is 0 Å². The molecule has 0 aromatic heterocycles. The van der Waals surface area contributed by atoms with Crippen molar-refractivity contribution < 1.29 is 4.74 Å². The first-order chi connectivity index (χ1) is 4.30. The molecule has 0 amide bonds. The second-order valence-corrected chi connectivity index (χ2v) is 3.12. The molecule has 0 radical (unpaired) electrons. The number of hydrogen-bond donors (Lipinski definition) is 0. The van der Waals surface area contributed by atoms with Gasteiger partial charge in [0, 0.05) is 0 Å². The molecule has 1 aliphatic heterocycles. The van der Waals surface area contributed by atoms with Gasteiger partial charge in [-0.05, 0) is 18.9 Å². The molecule has 3 heteroatoms. The van der Waals surface area contributed by atoms with Crippen molar-refractivity contribution in [2.75, 3.05) is 0 Å². The first-order valence-electron chi connectivity index (χ1n) is 2.89. The minimum atomic E-state index is -0.394. The smallest absolute Gasteiger partial charge is 0.144 e. The molecule has 0 aromatic rings. The van der Waals surface area contributed by atoms with Gasteiger partial charge in [0.1, 0.15) is 10.9 Å². The summed E-state index contributed by atoms with van der Waals surface area (Å²) in [5, 5.41) is 0. The quantitative estimate of drug-likeness (QED) is 0.545. The van der Waals surface area contributed by atoms with E-state index in [2.05, 4.69) is 0 Å². The van der Waals surface area contributed by atoms with Crippen LogP contribution in [0.1, 0.15) is 12.8 Å². The zero-order chi connectivity index (χ0) is 6.69. The summed E-state index contributed by atoms with van der Waals surface area (Å²) in [7, 11) is 0. The molecule has 52 valence electrons. The molecule has 0 saturated heterocycles. The topological polar surface area (TPSA) is 9.23 Å². The highest BCUT2D eigenvalue weighted by Gasteiger charge is 2.17. The fraction of sp³-hybridized carbons (Fsp3) is 0.667. The Hall–Kier alpha value is 0.120. The third-order valence-electron chi connectivity index (χ3n) is 1.25. The van der Waals surface area contributed by atoms with E-state index < -0.39 is 4.84 Å². The van der Waals surface area contributed by atoms with Gasteiger partial charge < -0.3 is 4.74 Å². The molecule has 0 bridgehead atoms. The van der Waals surface area contributed by atoms with Crippen LogP contribution in [-0.2, 0) is 4.74 Å². The molecule has 0 saturated carbocycles. The standard InChI is InChI=1S/C6H8Cl2O/c7-6(8)5-3-1-2-4-9-5/h2,4-6H,1,3H2. The molecule has 1 rings (SSSR count). The fourth-order valence-corrected chi connectivity index (χ4v) is 1.11. The van der Waals surface area contributed by atoms with Gasteiger partial charge >= 0.3 is 0 Å². The van der Waals surface area contributed by atoms with E-state index in [0.717, 1.165) is 12.8 Å². The molecule has 0 aromatic carbocycles. The Morgan fingerprint density at radius 2 is 2.33 bits per heavy atom. The molecular formula is C6H8Cl2O. The van der Waals surface area contributed by atoms with Gasteiger partial charge in [0.25, 0.3) is 0 Å². The van der Waals surface area contributed by atoms with Crippen molar-refractivity contribution >= 4 is 23.2 Å². The average molecular weight is 167 g/mol. The Bertz CT molecular complexity index is 112. The summed E-state index contributed by atoms with van der Waals surface area (Å²) < 4.78 is 5.09. The number of rotatable bonds is 1. The summed E-state index contributed by atoms with van der Waals surface area (Å²) in [6, 6.07) is 0. The normalized spacial score (nSPS) is 26.3. The van der Waals surface area contributed by atoms with E-state index in [0.29, 0.717) is 0 Å². The van der Waals surface area contributed by atoms with Gasteiger partial charge in [-0.2, -0.15) is 0 Å². The summed E-state index contributed by atoms with van der Waals surface area (Å²) in [5.41, 5.74) is 0. The lowest BCUT2D eigenvalue weighted by Gasteiger charge is -2.19. The van der Waals surface area contributed by atoms with Crippen LogP contribution in [0.15, 0.2) is 12.3 Å². The number of hydrogen-bond acceptors (Lipinski definition) is 1. The van der Waals surface area contributed by atoms with Crippen molar-refractivity contribution in [2.45, 2.75) is 23.8 Å². The zero-order valence-corrected chi connectivity index (χ0v) is 6.40. The minimum Gasteiger partial charge on any atom is -0.496 e. The van der Waals surface area contributed by atoms with E-state index in [1.165, 1.54) is 0 Å². The lowest BCUT2D eigenvalue weighted by Crippen LogP contribution is -2.19. The van der Waals surface area contributed by atoms with Crippen LogP contribution in [-0.4, -0.2) is 10.9 Å². The molecule has 1 heterocycles. The summed E-state index contributed by atoms with van der Waals surface area (Å²) in [6.07, 6.45) is 5.56. The van der Waals surface area contributed by atoms with E-state index >= 15 is 0 Å². The summed E-state index contributed by atoms with van der Waals surface area (Å²) in [6.45, 7) is 0. The zero-order valence-electron chi connectivity index (χ0n) is 4.89. The first-order valence-corrected chi connectivity index (χ1v) is 3.76. The van der Waals surface area contributed by atoms with Crippen LogP contribution in [0, 0.1) is 0 Å². The molecule has 1 nitrogen and oxygen atoms in total. The van der Waals surface area contributed by atoms with Crippen LogP contribution in [0.4, 0.5) is 0 Å². The predicted molar refractivity (Wildman–Crippen MR) is 38.7 cm³/mol. The molecule has 1 aliphatic rings. The summed E-state index contributed by atoms with van der Waals surface area (Å²) in [4.78, 5) is -0.394. The monoisotopic (exact) mass is 166 g/mol. The third kappa shape index (κ3) is 2.07. The lowest BCUT2D eigenvalue weighted by molar-refractivity contribution is 0.136. The number of ether oxygens (including phenoxy) is 1. The first kappa shape index (κ1) is 7.23. The second-order valence-electron chi connectivity index (χ2n) is 1.96. The van der Waals surface area contributed by atoms with E-state index in [1.807, 2.05) is 6.08 Å². The van der Waals surface area contributed by atoms with Crippen molar-refractivity contribution in [3.05, 3.63) is 12.3 Å². The highest BCUT2D eigenvalue weighted by molar-refractivity contribution is 6.44. The van der Waals surface area contributed by atoms with Gasteiger partial charge in [-0.3, -0.25) is 0 Å². The summed E-state index contributed by atoms with van der Waals surface area (Å²) >= 11 is 11.1. The van der Waals surface area contributed by atoms with E-state index in [-0.39, 0.29) is 6.10 Å². The Morgan fingerprint density at radius 3 is 2.67 bits per heavy atom. The summed E-state index contributed by atoms with van der Waals surface area (Å²) in [5.74, 6) is 0. The van der Waals surface area contributed by atoms with E-state index in [1.54, 1.807) is 6.26 Å². The largest absolute Gasteiger partial charge is 0.496 e. The molecule has 0 spiro atoms. The van der Waals surface area contributed by atoms with Gasteiger partial charge in [0.2, 0.25) is 0 Å². The molecule has 1 unspecified atom stereocenters. The number of allylic oxidation sites excluding steroid dienone is 1. The van der Waals surface area contributed by atoms with Gasteiger partial charge in [-0.1, -0.05) is 0 Å². The Morgan fingerprint density at radius 1 is 1.56 bits per heavy atom. The lowest BCUT2D eigenvalue weighted by atomic mass is 10.2.